The fraction of sp³-hybridized carbons (Fsp3) is 0.211. The third-order valence-corrected chi connectivity index (χ3v) is 3.78. The van der Waals surface area contributed by atoms with Gasteiger partial charge in [-0.05, 0) is 23.3 Å². The Bertz CT molecular complexity index is 1020. The van der Waals surface area contributed by atoms with Crippen molar-refractivity contribution in [3.8, 4) is 5.88 Å². The largest absolute Gasteiger partial charge is 0.468 e. The molecule has 0 saturated carbocycles. The molecule has 0 saturated heterocycles. The lowest BCUT2D eigenvalue weighted by Crippen LogP contribution is -2.19. The summed E-state index contributed by atoms with van der Waals surface area (Å²) in [6.07, 6.45) is -1.74. The van der Waals surface area contributed by atoms with Crippen LogP contribution in [0.2, 0.25) is 0 Å². The molecule has 0 unspecified atom stereocenters. The van der Waals surface area contributed by atoms with Crippen LogP contribution >= 0.6 is 0 Å². The molecule has 3 aromatic rings. The molecule has 11 heteroatoms. The van der Waals surface area contributed by atoms with Gasteiger partial charge in [0, 0.05) is 24.5 Å². The summed E-state index contributed by atoms with van der Waals surface area (Å²) in [6.45, 7) is -1.27. The molecular formula is C19H15F5N4O2. The highest BCUT2D eigenvalue weighted by molar-refractivity contribution is 5.91. The quantitative estimate of drug-likeness (QED) is 0.585. The second-order valence-corrected chi connectivity index (χ2v) is 6.28. The van der Waals surface area contributed by atoms with Crippen LogP contribution in [0.5, 0.6) is 5.88 Å². The molecule has 6 nitrogen and oxygen atoms in total. The van der Waals surface area contributed by atoms with Crippen molar-refractivity contribution in [1.82, 2.24) is 14.8 Å². The van der Waals surface area contributed by atoms with Crippen LogP contribution in [-0.2, 0) is 17.8 Å². The summed E-state index contributed by atoms with van der Waals surface area (Å²) in [5.41, 5.74) is 0.960. The van der Waals surface area contributed by atoms with Gasteiger partial charge in [-0.3, -0.25) is 9.48 Å². The van der Waals surface area contributed by atoms with Gasteiger partial charge in [0.15, 0.2) is 24.1 Å². The Morgan fingerprint density at radius 1 is 1.07 bits per heavy atom. The number of hydrogen-bond donors (Lipinski definition) is 1. The first-order chi connectivity index (χ1) is 14.2. The number of hydrogen-bond acceptors (Lipinski definition) is 4. The molecule has 0 atom stereocenters. The maximum atomic E-state index is 13.3. The molecule has 1 N–H and O–H groups in total. The molecule has 1 aromatic carbocycles. The van der Waals surface area contributed by atoms with Gasteiger partial charge in [-0.15, -0.1) is 0 Å². The van der Waals surface area contributed by atoms with Crippen molar-refractivity contribution < 1.29 is 31.5 Å². The van der Waals surface area contributed by atoms with Crippen LogP contribution in [-0.4, -0.2) is 33.5 Å². The fourth-order valence-electron chi connectivity index (χ4n) is 2.47. The Kier molecular flexibility index (Phi) is 6.28. The SMILES string of the molecule is O=C(Cc1ccc(OCC(F)(F)F)nc1)Nc1ccn(Cc2ccc(F)c(F)c2)n1. The lowest BCUT2D eigenvalue weighted by Gasteiger charge is -2.08. The lowest BCUT2D eigenvalue weighted by molar-refractivity contribution is -0.154. The van der Waals surface area contributed by atoms with E-state index in [2.05, 4.69) is 20.1 Å². The van der Waals surface area contributed by atoms with Gasteiger partial charge >= 0.3 is 6.18 Å². The zero-order valence-corrected chi connectivity index (χ0v) is 15.3. The summed E-state index contributed by atoms with van der Waals surface area (Å²) < 4.78 is 68.5. The predicted octanol–water partition coefficient (Wildman–Crippen LogP) is 3.73. The van der Waals surface area contributed by atoms with Crippen molar-refractivity contribution in [2.45, 2.75) is 19.1 Å². The molecule has 0 fully saturated rings. The van der Waals surface area contributed by atoms with E-state index in [0.29, 0.717) is 11.1 Å². The monoisotopic (exact) mass is 426 g/mol. The first-order valence-electron chi connectivity index (χ1n) is 8.60. The van der Waals surface area contributed by atoms with E-state index in [0.717, 1.165) is 12.1 Å². The summed E-state index contributed by atoms with van der Waals surface area (Å²) in [4.78, 5) is 15.8. The second kappa shape index (κ2) is 8.89. The second-order valence-electron chi connectivity index (χ2n) is 6.28. The number of ether oxygens (including phenoxy) is 1. The molecule has 158 valence electrons. The molecule has 0 aliphatic rings. The van der Waals surface area contributed by atoms with Gasteiger partial charge < -0.3 is 10.1 Å². The Morgan fingerprint density at radius 2 is 1.83 bits per heavy atom. The van der Waals surface area contributed by atoms with E-state index in [1.165, 1.54) is 35.1 Å². The average molecular weight is 426 g/mol. The van der Waals surface area contributed by atoms with Crippen LogP contribution in [0.3, 0.4) is 0 Å². The van der Waals surface area contributed by atoms with E-state index in [1.54, 1.807) is 6.20 Å². The summed E-state index contributed by atoms with van der Waals surface area (Å²) >= 11 is 0. The summed E-state index contributed by atoms with van der Waals surface area (Å²) in [7, 11) is 0. The highest BCUT2D eigenvalue weighted by Gasteiger charge is 2.28. The average Bonchev–Trinajstić information content (AvgIpc) is 3.10. The van der Waals surface area contributed by atoms with E-state index in [1.807, 2.05) is 0 Å². The number of pyridine rings is 1. The van der Waals surface area contributed by atoms with Crippen LogP contribution in [0.1, 0.15) is 11.1 Å². The van der Waals surface area contributed by atoms with Crippen molar-refractivity contribution in [2.75, 3.05) is 11.9 Å². The maximum Gasteiger partial charge on any atom is 0.422 e. The van der Waals surface area contributed by atoms with Crippen LogP contribution in [0.25, 0.3) is 0 Å². The van der Waals surface area contributed by atoms with Gasteiger partial charge in [0.1, 0.15) is 0 Å². The minimum atomic E-state index is -4.46. The van der Waals surface area contributed by atoms with Crippen LogP contribution in [0, 0.1) is 11.6 Å². The summed E-state index contributed by atoms with van der Waals surface area (Å²) in [6, 6.07) is 7.71. The van der Waals surface area contributed by atoms with Crippen molar-refractivity contribution in [1.29, 1.82) is 0 Å². The number of rotatable bonds is 7. The third kappa shape index (κ3) is 6.26. The van der Waals surface area contributed by atoms with E-state index >= 15 is 0 Å². The molecule has 3 rings (SSSR count). The molecule has 30 heavy (non-hydrogen) atoms. The molecule has 0 aliphatic carbocycles. The number of amides is 1. The fourth-order valence-corrected chi connectivity index (χ4v) is 2.47. The summed E-state index contributed by atoms with van der Waals surface area (Å²) in [5.74, 6) is -2.27. The van der Waals surface area contributed by atoms with Gasteiger partial charge in [-0.1, -0.05) is 12.1 Å². The van der Waals surface area contributed by atoms with E-state index < -0.39 is 30.3 Å². The molecule has 0 spiro atoms. The number of alkyl halides is 3. The highest BCUT2D eigenvalue weighted by atomic mass is 19.4. The Balaban J connectivity index is 1.52. The Hall–Kier alpha value is -3.50. The van der Waals surface area contributed by atoms with Gasteiger partial charge in [0.25, 0.3) is 0 Å². The van der Waals surface area contributed by atoms with Gasteiger partial charge in [-0.2, -0.15) is 18.3 Å². The summed E-state index contributed by atoms with van der Waals surface area (Å²) in [5, 5.41) is 6.69. The molecular weight excluding hydrogens is 411 g/mol. The van der Waals surface area contributed by atoms with E-state index in [-0.39, 0.29) is 24.7 Å². The van der Waals surface area contributed by atoms with Crippen LogP contribution in [0.15, 0.2) is 48.8 Å². The molecule has 0 bridgehead atoms. The number of anilines is 1. The smallest absolute Gasteiger partial charge is 0.422 e. The number of aromatic nitrogens is 3. The van der Waals surface area contributed by atoms with Crippen molar-refractivity contribution in [2.24, 2.45) is 0 Å². The molecule has 0 aliphatic heterocycles. The number of halogens is 5. The number of carbonyl (C=O) groups is 1. The number of carbonyl (C=O) groups excluding carboxylic acids is 1. The Morgan fingerprint density at radius 3 is 2.50 bits per heavy atom. The highest BCUT2D eigenvalue weighted by Crippen LogP contribution is 2.17. The molecule has 1 amide bonds. The molecule has 2 aromatic heterocycles. The first-order valence-corrected chi connectivity index (χ1v) is 8.60. The minimum absolute atomic E-state index is 0.0808. The topological polar surface area (TPSA) is 69.0 Å². The Labute approximate surface area is 167 Å². The van der Waals surface area contributed by atoms with Gasteiger partial charge in [0.2, 0.25) is 11.8 Å². The van der Waals surface area contributed by atoms with Gasteiger partial charge in [-0.25, -0.2) is 13.8 Å². The van der Waals surface area contributed by atoms with E-state index in [9.17, 15) is 26.7 Å². The first kappa shape index (κ1) is 21.2. The molecule has 2 heterocycles. The normalized spacial score (nSPS) is 11.4. The lowest BCUT2D eigenvalue weighted by atomic mass is 10.2. The van der Waals surface area contributed by atoms with Crippen LogP contribution in [0.4, 0.5) is 27.8 Å². The zero-order chi connectivity index (χ0) is 21.7. The third-order valence-electron chi connectivity index (χ3n) is 3.78. The van der Waals surface area contributed by atoms with Crippen molar-refractivity contribution >= 4 is 11.7 Å². The maximum absolute atomic E-state index is 13.3. The minimum Gasteiger partial charge on any atom is -0.468 e. The number of nitrogens with zero attached hydrogens (tertiary/aromatic N) is 3. The van der Waals surface area contributed by atoms with Gasteiger partial charge in [0.05, 0.1) is 13.0 Å². The van der Waals surface area contributed by atoms with Crippen LogP contribution < -0.4 is 10.1 Å². The predicted molar refractivity (Wildman–Crippen MR) is 95.8 cm³/mol. The number of benzene rings is 1. The van der Waals surface area contributed by atoms with Crippen molar-refractivity contribution in [3.63, 3.8) is 0 Å². The molecule has 0 radical (unpaired) electrons. The van der Waals surface area contributed by atoms with Crippen molar-refractivity contribution in [3.05, 3.63) is 71.6 Å². The number of nitrogens with one attached hydrogen (secondary N) is 1. The zero-order valence-electron chi connectivity index (χ0n) is 15.3. The van der Waals surface area contributed by atoms with E-state index in [4.69, 9.17) is 0 Å². The standard InChI is InChI=1S/C19H15F5N4O2/c20-14-3-1-13(7-15(14)21)10-28-6-5-16(27-28)26-17(29)8-12-2-4-18(25-9-12)30-11-19(22,23)24/h1-7,9H,8,10-11H2,(H,26,27,29).